The molecular weight excluding hydrogens is 303 g/mol. The van der Waals surface area contributed by atoms with E-state index in [2.05, 4.69) is 28.7 Å². The molecule has 0 radical (unpaired) electrons. The Morgan fingerprint density at radius 1 is 1.40 bits per heavy atom. The summed E-state index contributed by atoms with van der Waals surface area (Å²) in [5.41, 5.74) is 3.44. The smallest absolute Gasteiger partial charge is 0.310 e. The highest BCUT2D eigenvalue weighted by Gasteiger charge is 2.10. The minimum absolute atomic E-state index is 0.147. The first-order valence-electron chi connectivity index (χ1n) is 4.96. The van der Waals surface area contributed by atoms with Crippen molar-refractivity contribution >= 4 is 28.6 Å². The number of benzene rings is 1. The second-order valence-corrected chi connectivity index (χ2v) is 4.61. The first-order valence-corrected chi connectivity index (χ1v) is 6.04. The maximum Gasteiger partial charge on any atom is 0.310 e. The van der Waals surface area contributed by atoms with Gasteiger partial charge in [0, 0.05) is 3.57 Å². The molecule has 0 atom stereocenters. The molecule has 1 aromatic carbocycles. The lowest BCUT2D eigenvalue weighted by molar-refractivity contribution is -0.142. The van der Waals surface area contributed by atoms with Gasteiger partial charge in [0.2, 0.25) is 0 Å². The van der Waals surface area contributed by atoms with Crippen LogP contribution in [0.25, 0.3) is 0 Å². The van der Waals surface area contributed by atoms with E-state index in [4.69, 9.17) is 4.74 Å². The number of ether oxygens (including phenoxy) is 1. The molecule has 0 amide bonds. The van der Waals surface area contributed by atoms with Crippen LogP contribution < -0.4 is 0 Å². The van der Waals surface area contributed by atoms with E-state index in [1.54, 1.807) is 0 Å². The number of halogens is 1. The summed E-state index contributed by atoms with van der Waals surface area (Å²) in [6.07, 6.45) is 0.377. The Morgan fingerprint density at radius 3 is 2.67 bits per heavy atom. The monoisotopic (exact) mass is 318 g/mol. The van der Waals surface area contributed by atoms with Crippen LogP contribution in [0, 0.1) is 17.4 Å². The molecule has 0 aliphatic heterocycles. The van der Waals surface area contributed by atoms with Gasteiger partial charge in [-0.1, -0.05) is 6.07 Å². The van der Waals surface area contributed by atoms with Crippen molar-refractivity contribution in [2.45, 2.75) is 27.2 Å². The van der Waals surface area contributed by atoms with Crippen LogP contribution in [0.2, 0.25) is 0 Å². The standard InChI is InChI=1S/C12H15IO2/c1-4-15-12(14)7-10-8(2)5-6-11(13)9(10)3/h5-6H,4,7H2,1-3H3. The van der Waals surface area contributed by atoms with Crippen LogP contribution in [0.1, 0.15) is 23.6 Å². The molecule has 0 saturated heterocycles. The average Bonchev–Trinajstić information content (AvgIpc) is 2.19. The van der Waals surface area contributed by atoms with Crippen LogP contribution in [-0.2, 0) is 16.0 Å². The van der Waals surface area contributed by atoms with Crippen molar-refractivity contribution in [1.82, 2.24) is 0 Å². The van der Waals surface area contributed by atoms with Crippen molar-refractivity contribution in [3.05, 3.63) is 32.4 Å². The topological polar surface area (TPSA) is 26.3 Å². The fourth-order valence-electron chi connectivity index (χ4n) is 1.49. The third-order valence-electron chi connectivity index (χ3n) is 2.39. The summed E-state index contributed by atoms with van der Waals surface area (Å²) >= 11 is 2.28. The molecule has 0 aliphatic carbocycles. The Labute approximate surface area is 104 Å². The first-order chi connectivity index (χ1) is 7.06. The van der Waals surface area contributed by atoms with Gasteiger partial charge in [-0.25, -0.2) is 0 Å². The zero-order chi connectivity index (χ0) is 11.4. The minimum atomic E-state index is -0.147. The van der Waals surface area contributed by atoms with Gasteiger partial charge >= 0.3 is 5.97 Å². The normalized spacial score (nSPS) is 10.1. The van der Waals surface area contributed by atoms with E-state index < -0.39 is 0 Å². The lowest BCUT2D eigenvalue weighted by Crippen LogP contribution is -2.10. The number of carbonyl (C=O) groups excluding carboxylic acids is 1. The van der Waals surface area contributed by atoms with Crippen molar-refractivity contribution in [3.8, 4) is 0 Å². The van der Waals surface area contributed by atoms with E-state index in [0.717, 1.165) is 11.1 Å². The second-order valence-electron chi connectivity index (χ2n) is 3.45. The van der Waals surface area contributed by atoms with Crippen LogP contribution in [0.15, 0.2) is 12.1 Å². The molecule has 0 aromatic heterocycles. The highest BCUT2D eigenvalue weighted by molar-refractivity contribution is 14.1. The zero-order valence-corrected chi connectivity index (χ0v) is 11.4. The number of rotatable bonds is 3. The lowest BCUT2D eigenvalue weighted by Gasteiger charge is -2.10. The largest absolute Gasteiger partial charge is 0.466 e. The predicted molar refractivity (Wildman–Crippen MR) is 69.0 cm³/mol. The molecule has 0 heterocycles. The lowest BCUT2D eigenvalue weighted by atomic mass is 10.0. The Balaban J connectivity index is 2.93. The average molecular weight is 318 g/mol. The van der Waals surface area contributed by atoms with Crippen molar-refractivity contribution in [2.24, 2.45) is 0 Å². The Kier molecular flexibility index (Phi) is 4.57. The van der Waals surface area contributed by atoms with Crippen molar-refractivity contribution in [3.63, 3.8) is 0 Å². The number of carbonyl (C=O) groups is 1. The van der Waals surface area contributed by atoms with Gasteiger partial charge in [0.25, 0.3) is 0 Å². The molecule has 0 fully saturated rings. The highest BCUT2D eigenvalue weighted by atomic mass is 127. The van der Waals surface area contributed by atoms with E-state index in [1.165, 1.54) is 9.13 Å². The third-order valence-corrected chi connectivity index (χ3v) is 3.56. The van der Waals surface area contributed by atoms with E-state index in [1.807, 2.05) is 26.8 Å². The zero-order valence-electron chi connectivity index (χ0n) is 9.26. The van der Waals surface area contributed by atoms with Gasteiger partial charge in [0.1, 0.15) is 0 Å². The molecule has 0 saturated carbocycles. The van der Waals surface area contributed by atoms with Gasteiger partial charge in [-0.05, 0) is 66.1 Å². The van der Waals surface area contributed by atoms with Crippen LogP contribution in [0.5, 0.6) is 0 Å². The molecule has 0 unspecified atom stereocenters. The van der Waals surface area contributed by atoms with Crippen LogP contribution >= 0.6 is 22.6 Å². The summed E-state index contributed by atoms with van der Waals surface area (Å²) in [7, 11) is 0. The van der Waals surface area contributed by atoms with Gasteiger partial charge < -0.3 is 4.74 Å². The van der Waals surface area contributed by atoms with Crippen LogP contribution in [-0.4, -0.2) is 12.6 Å². The molecule has 82 valence electrons. The molecule has 0 N–H and O–H groups in total. The first kappa shape index (κ1) is 12.5. The summed E-state index contributed by atoms with van der Waals surface area (Å²) in [5, 5.41) is 0. The summed E-state index contributed by atoms with van der Waals surface area (Å²) in [5.74, 6) is -0.147. The second kappa shape index (κ2) is 5.49. The molecule has 2 nitrogen and oxygen atoms in total. The quantitative estimate of drug-likeness (QED) is 0.633. The van der Waals surface area contributed by atoms with Crippen molar-refractivity contribution < 1.29 is 9.53 Å². The minimum Gasteiger partial charge on any atom is -0.466 e. The Hall–Kier alpha value is -0.580. The summed E-state index contributed by atoms with van der Waals surface area (Å²) < 4.78 is 6.15. The summed E-state index contributed by atoms with van der Waals surface area (Å²) in [6.45, 7) is 6.34. The highest BCUT2D eigenvalue weighted by Crippen LogP contribution is 2.20. The SMILES string of the molecule is CCOC(=O)Cc1c(C)ccc(I)c1C. The van der Waals surface area contributed by atoms with Crippen LogP contribution in [0.3, 0.4) is 0 Å². The number of hydrogen-bond acceptors (Lipinski definition) is 2. The fraction of sp³-hybridized carbons (Fsp3) is 0.417. The maximum absolute atomic E-state index is 11.4. The van der Waals surface area contributed by atoms with E-state index in [-0.39, 0.29) is 5.97 Å². The van der Waals surface area contributed by atoms with E-state index in [9.17, 15) is 4.79 Å². The molecule has 0 aliphatic rings. The van der Waals surface area contributed by atoms with Gasteiger partial charge in [-0.2, -0.15) is 0 Å². The Morgan fingerprint density at radius 2 is 2.07 bits per heavy atom. The van der Waals surface area contributed by atoms with Crippen molar-refractivity contribution in [1.29, 1.82) is 0 Å². The molecular formula is C12H15IO2. The predicted octanol–water partition coefficient (Wildman–Crippen LogP) is 3.01. The number of esters is 1. The van der Waals surface area contributed by atoms with Gasteiger partial charge in [0.05, 0.1) is 13.0 Å². The molecule has 1 rings (SSSR count). The van der Waals surface area contributed by atoms with Crippen molar-refractivity contribution in [2.75, 3.05) is 6.61 Å². The van der Waals surface area contributed by atoms with E-state index in [0.29, 0.717) is 13.0 Å². The van der Waals surface area contributed by atoms with Gasteiger partial charge in [0.15, 0.2) is 0 Å². The van der Waals surface area contributed by atoms with Crippen LogP contribution in [0.4, 0.5) is 0 Å². The number of hydrogen-bond donors (Lipinski definition) is 0. The molecule has 15 heavy (non-hydrogen) atoms. The van der Waals surface area contributed by atoms with Gasteiger partial charge in [-0.3, -0.25) is 4.79 Å². The molecule has 0 spiro atoms. The fourth-order valence-corrected chi connectivity index (χ4v) is 2.00. The third kappa shape index (κ3) is 3.19. The molecule has 1 aromatic rings. The molecule has 0 bridgehead atoms. The van der Waals surface area contributed by atoms with Gasteiger partial charge in [-0.15, -0.1) is 0 Å². The summed E-state index contributed by atoms with van der Waals surface area (Å²) in [6, 6.07) is 4.11. The molecule has 3 heteroatoms. The Bertz CT molecular complexity index is 372. The number of aryl methyl sites for hydroxylation is 1. The summed E-state index contributed by atoms with van der Waals surface area (Å²) in [4.78, 5) is 11.4. The maximum atomic E-state index is 11.4. The van der Waals surface area contributed by atoms with E-state index >= 15 is 0 Å².